The summed E-state index contributed by atoms with van der Waals surface area (Å²) in [6.07, 6.45) is -0.440. The molecule has 0 aliphatic heterocycles. The predicted octanol–water partition coefficient (Wildman–Crippen LogP) is -0.880. The maximum absolute atomic E-state index is 11.7. The molecule has 0 saturated heterocycles. The van der Waals surface area contributed by atoms with Gasteiger partial charge in [0.2, 0.25) is 11.0 Å². The second kappa shape index (κ2) is 9.46. The Labute approximate surface area is 156 Å². The van der Waals surface area contributed by atoms with Gasteiger partial charge in [-0.15, -0.1) is 11.8 Å². The number of aliphatic carboxylic acids is 1. The molecular weight excluding hydrogens is 478 g/mol. The number of thioether (sulfide) groups is 1. The van der Waals surface area contributed by atoms with Crippen molar-refractivity contribution in [1.29, 1.82) is 0 Å². The normalized spacial score (nSPS) is 15.6. The van der Waals surface area contributed by atoms with Crippen molar-refractivity contribution in [2.24, 2.45) is 0 Å². The van der Waals surface area contributed by atoms with Gasteiger partial charge in [0.05, 0.1) is 11.1 Å². The molecule has 0 bridgehead atoms. The van der Waals surface area contributed by atoms with Gasteiger partial charge in [0, 0.05) is 0 Å². The van der Waals surface area contributed by atoms with Gasteiger partial charge in [-0.3, -0.25) is 23.1 Å². The lowest BCUT2D eigenvalue weighted by Crippen LogP contribution is -2.48. The van der Waals surface area contributed by atoms with E-state index >= 15 is 0 Å². The van der Waals surface area contributed by atoms with Gasteiger partial charge in [-0.2, -0.15) is 0 Å². The Morgan fingerprint density at radius 2 is 1.11 bits per heavy atom. The molecule has 162 valence electrons. The van der Waals surface area contributed by atoms with Crippen molar-refractivity contribution >= 4 is 48.1 Å². The van der Waals surface area contributed by atoms with Crippen LogP contribution in [0.25, 0.3) is 0 Å². The van der Waals surface area contributed by atoms with Gasteiger partial charge < -0.3 is 44.3 Å². The van der Waals surface area contributed by atoms with E-state index in [1.54, 1.807) is 0 Å². The summed E-state index contributed by atoms with van der Waals surface area (Å²) in [5.41, 5.74) is -6.66. The smallest absolute Gasteiger partial charge is 0.355 e. The molecule has 27 heavy (non-hydrogen) atoms. The van der Waals surface area contributed by atoms with E-state index in [0.29, 0.717) is 0 Å². The molecule has 15 nitrogen and oxygen atoms in total. The van der Waals surface area contributed by atoms with Crippen molar-refractivity contribution in [3.63, 3.8) is 0 Å². The molecule has 0 rings (SSSR count). The van der Waals surface area contributed by atoms with E-state index < -0.39 is 64.9 Å². The van der Waals surface area contributed by atoms with E-state index in [9.17, 15) is 62.2 Å². The summed E-state index contributed by atoms with van der Waals surface area (Å²) >= 11 is 0.212. The van der Waals surface area contributed by atoms with Gasteiger partial charge in [-0.1, -0.05) is 6.92 Å². The monoisotopic (exact) mass is 497 g/mol. The zero-order valence-electron chi connectivity index (χ0n) is 13.4. The van der Waals surface area contributed by atoms with Gasteiger partial charge in [-0.25, -0.2) is 4.90 Å². The second-order valence-corrected chi connectivity index (χ2v) is 13.7. The first kappa shape index (κ1) is 27.4. The lowest BCUT2D eigenvalue weighted by Gasteiger charge is -2.41. The molecule has 0 amide bonds. The van der Waals surface area contributed by atoms with Crippen molar-refractivity contribution in [1.82, 2.24) is 4.90 Å². The van der Waals surface area contributed by atoms with Crippen LogP contribution >= 0.6 is 42.1 Å². The molecule has 0 aromatic rings. The third kappa shape index (κ3) is 8.33. The summed E-state index contributed by atoms with van der Waals surface area (Å²) in [6, 6.07) is 0. The molecule has 0 fully saturated rings. The maximum atomic E-state index is 11.7. The molecule has 1 unspecified atom stereocenters. The summed E-state index contributed by atoms with van der Waals surface area (Å²) < 4.78 is 46.7. The van der Waals surface area contributed by atoms with Crippen LogP contribution in [0, 0.1) is 0 Å². The van der Waals surface area contributed by atoms with Gasteiger partial charge in [0.25, 0.3) is 0 Å². The van der Waals surface area contributed by atoms with Crippen LogP contribution in [-0.2, 0) is 23.1 Å². The number of carboxylic acid groups (broad SMARTS) is 1. The minimum Gasteiger partial charge on any atom is -0.481 e. The average molecular weight is 497 g/mol. The highest BCUT2D eigenvalue weighted by atomic mass is 32.2. The van der Waals surface area contributed by atoms with Crippen LogP contribution in [0.2, 0.25) is 0 Å². The second-order valence-electron chi connectivity index (χ2n) is 5.06. The Bertz CT molecular complexity index is 627. The molecule has 0 aliphatic carbocycles. The van der Waals surface area contributed by atoms with Crippen LogP contribution in [0.4, 0.5) is 0 Å². The third-order valence-corrected chi connectivity index (χ3v) is 11.3. The summed E-state index contributed by atoms with van der Waals surface area (Å²) in [4.78, 5) is 85.0. The maximum Gasteiger partial charge on any atom is 0.355 e. The van der Waals surface area contributed by atoms with Crippen molar-refractivity contribution in [2.45, 2.75) is 29.8 Å². The Morgan fingerprint density at radius 1 is 0.815 bits per heavy atom. The molecule has 0 saturated carbocycles. The Hall–Kier alpha value is 0.380. The van der Waals surface area contributed by atoms with Crippen LogP contribution in [0.5, 0.6) is 0 Å². The number of nitrogens with zero attached hydrogens (tertiary/aromatic N) is 1. The lowest BCUT2D eigenvalue weighted by molar-refractivity contribution is -0.133. The fraction of sp³-hybridized carbons (Fsp3) is 0.857. The Balaban J connectivity index is 6.83. The van der Waals surface area contributed by atoms with E-state index in [2.05, 4.69) is 0 Å². The molecule has 0 aliphatic rings. The average Bonchev–Trinajstić information content (AvgIpc) is 2.31. The fourth-order valence-electron chi connectivity index (χ4n) is 2.09. The molecule has 20 heteroatoms. The highest BCUT2D eigenvalue weighted by Crippen LogP contribution is 2.69. The van der Waals surface area contributed by atoms with Crippen LogP contribution < -0.4 is 0 Å². The zero-order chi connectivity index (χ0) is 22.0. The van der Waals surface area contributed by atoms with Crippen LogP contribution in [-0.4, -0.2) is 77.3 Å². The molecule has 0 aromatic heterocycles. The summed E-state index contributed by atoms with van der Waals surface area (Å²) in [5.74, 6) is -2.37. The van der Waals surface area contributed by atoms with Crippen LogP contribution in [0.1, 0.15) is 13.3 Å². The first-order valence-corrected chi connectivity index (χ1v) is 14.3. The molecule has 9 N–H and O–H groups in total. The quantitative estimate of drug-likeness (QED) is 0.124. The largest absolute Gasteiger partial charge is 0.481 e. The zero-order valence-corrected chi connectivity index (χ0v) is 17.8. The van der Waals surface area contributed by atoms with Gasteiger partial charge in [0.15, 0.2) is 0 Å². The standard InChI is InChI=1S/C7H19NO14P4S/c1-2-4(27-3-5(9)10)8(6(23(11,12)13)24(14,15)16)7(25(17,18)19)26(20,21)22/h4,6-7H,2-3H2,1H3,(H,9,10)(H2,11,12,13)(H2,14,15,16)(H2,17,18,19)(H2,20,21,22). The van der Waals surface area contributed by atoms with Crippen molar-refractivity contribution in [3.05, 3.63) is 0 Å². The third-order valence-electron chi connectivity index (χ3n) is 2.82. The first-order valence-electron chi connectivity index (χ1n) is 6.56. The molecular formula is C7H19NO14P4S. The SMILES string of the molecule is CCC(SCC(=O)O)N(C(P(=O)(O)O)P(=O)(O)O)C(P(=O)(O)O)P(=O)(O)O. The van der Waals surface area contributed by atoms with Crippen molar-refractivity contribution in [2.75, 3.05) is 5.75 Å². The number of carbonyl (C=O) groups is 1. The van der Waals surface area contributed by atoms with E-state index in [4.69, 9.17) is 5.11 Å². The summed E-state index contributed by atoms with van der Waals surface area (Å²) in [6.45, 7) is 1.18. The van der Waals surface area contributed by atoms with Gasteiger partial charge in [-0.05, 0) is 6.42 Å². The summed E-state index contributed by atoms with van der Waals surface area (Å²) in [5, 5.41) is 6.91. The van der Waals surface area contributed by atoms with Crippen molar-refractivity contribution in [3.8, 4) is 0 Å². The molecule has 0 aromatic carbocycles. The molecule has 1 atom stereocenters. The number of carboxylic acids is 1. The predicted molar refractivity (Wildman–Crippen MR) is 91.8 cm³/mol. The fourth-order valence-corrected chi connectivity index (χ4v) is 9.56. The van der Waals surface area contributed by atoms with E-state index in [0.717, 1.165) is 0 Å². The minimum atomic E-state index is -5.95. The van der Waals surface area contributed by atoms with Gasteiger partial charge >= 0.3 is 36.4 Å². The lowest BCUT2D eigenvalue weighted by atomic mass is 10.4. The number of hydrogen-bond acceptors (Lipinski definition) is 7. The first-order chi connectivity index (χ1) is 11.7. The van der Waals surface area contributed by atoms with Crippen molar-refractivity contribution < 1.29 is 67.3 Å². The van der Waals surface area contributed by atoms with Crippen LogP contribution in [0.15, 0.2) is 0 Å². The Morgan fingerprint density at radius 3 is 1.30 bits per heavy atom. The topological polar surface area (TPSA) is 271 Å². The van der Waals surface area contributed by atoms with Gasteiger partial charge in [0.1, 0.15) is 0 Å². The van der Waals surface area contributed by atoms with E-state index in [1.165, 1.54) is 6.92 Å². The highest BCUT2D eigenvalue weighted by Gasteiger charge is 2.60. The highest BCUT2D eigenvalue weighted by molar-refractivity contribution is 8.00. The van der Waals surface area contributed by atoms with Crippen LogP contribution in [0.3, 0.4) is 0 Å². The molecule has 0 spiro atoms. The minimum absolute atomic E-state index is 0.212. The molecule has 0 heterocycles. The molecule has 0 radical (unpaired) electrons. The number of rotatable bonds is 11. The number of hydrogen-bond donors (Lipinski definition) is 9. The Kier molecular flexibility index (Phi) is 9.59. The summed E-state index contributed by atoms with van der Waals surface area (Å²) in [7, 11) is -23.8. The van der Waals surface area contributed by atoms with E-state index in [1.807, 2.05) is 0 Å². The van der Waals surface area contributed by atoms with E-state index in [-0.39, 0.29) is 16.7 Å².